The van der Waals surface area contributed by atoms with E-state index >= 15 is 0 Å². The second kappa shape index (κ2) is 6.06. The second-order valence-electron chi connectivity index (χ2n) is 5.84. The third kappa shape index (κ3) is 3.37. The summed E-state index contributed by atoms with van der Waals surface area (Å²) in [5.41, 5.74) is 0.214. The lowest BCUT2D eigenvalue weighted by atomic mass is 9.93. The Morgan fingerprint density at radius 3 is 2.84 bits per heavy atom. The van der Waals surface area contributed by atoms with E-state index in [0.29, 0.717) is 6.04 Å². The molecule has 1 aliphatic rings. The van der Waals surface area contributed by atoms with Gasteiger partial charge in [-0.05, 0) is 19.8 Å². The lowest BCUT2D eigenvalue weighted by Crippen LogP contribution is -2.62. The van der Waals surface area contributed by atoms with Crippen molar-refractivity contribution < 1.29 is 4.42 Å². The molecule has 2 heterocycles. The first-order chi connectivity index (χ1) is 9.10. The van der Waals surface area contributed by atoms with Gasteiger partial charge in [-0.1, -0.05) is 20.8 Å². The largest absolute Gasteiger partial charge is 0.444 e. The molecule has 1 saturated heterocycles. The molecule has 0 radical (unpaired) electrons. The van der Waals surface area contributed by atoms with E-state index < -0.39 is 0 Å². The summed E-state index contributed by atoms with van der Waals surface area (Å²) in [6.45, 7) is 11.8. The zero-order valence-corrected chi connectivity index (χ0v) is 12.7. The van der Waals surface area contributed by atoms with Crippen LogP contribution in [0.4, 0.5) is 0 Å². The van der Waals surface area contributed by atoms with Crippen molar-refractivity contribution in [2.75, 3.05) is 13.1 Å². The van der Waals surface area contributed by atoms with Gasteiger partial charge in [-0.2, -0.15) is 0 Å². The van der Waals surface area contributed by atoms with Crippen LogP contribution in [0.15, 0.2) is 10.6 Å². The highest BCUT2D eigenvalue weighted by Crippen LogP contribution is 2.22. The first-order valence-electron chi connectivity index (χ1n) is 7.52. The number of aromatic nitrogens is 1. The zero-order valence-electron chi connectivity index (χ0n) is 12.7. The third-order valence-corrected chi connectivity index (χ3v) is 4.37. The highest BCUT2D eigenvalue weighted by molar-refractivity contribution is 4.98. The van der Waals surface area contributed by atoms with E-state index in [-0.39, 0.29) is 5.54 Å². The van der Waals surface area contributed by atoms with Crippen LogP contribution in [0, 0.1) is 0 Å². The average molecular weight is 265 g/mol. The Labute approximate surface area is 116 Å². The fourth-order valence-electron chi connectivity index (χ4n) is 2.71. The molecule has 0 aromatic carbocycles. The van der Waals surface area contributed by atoms with Gasteiger partial charge in [-0.3, -0.25) is 4.90 Å². The summed E-state index contributed by atoms with van der Waals surface area (Å²) in [4.78, 5) is 6.91. The molecule has 1 aliphatic heterocycles. The molecule has 1 aromatic heterocycles. The summed E-state index contributed by atoms with van der Waals surface area (Å²) in [6, 6.07) is 0.580. The van der Waals surface area contributed by atoms with Gasteiger partial charge < -0.3 is 9.73 Å². The molecular formula is C15H27N3O. The highest BCUT2D eigenvalue weighted by atomic mass is 16.4. The third-order valence-electron chi connectivity index (χ3n) is 4.37. The van der Waals surface area contributed by atoms with E-state index in [1.807, 2.05) is 6.20 Å². The number of oxazole rings is 1. The summed E-state index contributed by atoms with van der Waals surface area (Å²) in [6.07, 6.45) is 5.08. The Bertz CT molecular complexity index is 404. The fourth-order valence-corrected chi connectivity index (χ4v) is 2.71. The van der Waals surface area contributed by atoms with Crippen LogP contribution in [0.2, 0.25) is 0 Å². The summed E-state index contributed by atoms with van der Waals surface area (Å²) >= 11 is 0. The summed E-state index contributed by atoms with van der Waals surface area (Å²) in [5, 5.41) is 3.69. The topological polar surface area (TPSA) is 41.3 Å². The maximum atomic E-state index is 5.76. The van der Waals surface area contributed by atoms with Crippen LogP contribution in [0.3, 0.4) is 0 Å². The Morgan fingerprint density at radius 1 is 1.47 bits per heavy atom. The maximum absolute atomic E-state index is 5.76. The van der Waals surface area contributed by atoms with Crippen LogP contribution in [0.1, 0.15) is 52.2 Å². The second-order valence-corrected chi connectivity index (χ2v) is 5.84. The van der Waals surface area contributed by atoms with Gasteiger partial charge in [0.1, 0.15) is 5.76 Å². The van der Waals surface area contributed by atoms with Crippen LogP contribution in [0.25, 0.3) is 0 Å². The van der Waals surface area contributed by atoms with Crippen molar-refractivity contribution in [2.24, 2.45) is 0 Å². The predicted molar refractivity (Wildman–Crippen MR) is 77.1 cm³/mol. The summed E-state index contributed by atoms with van der Waals surface area (Å²) in [7, 11) is 0. The van der Waals surface area contributed by atoms with Crippen molar-refractivity contribution in [3.63, 3.8) is 0 Å². The van der Waals surface area contributed by atoms with E-state index in [0.717, 1.165) is 50.5 Å². The van der Waals surface area contributed by atoms with Gasteiger partial charge in [-0.25, -0.2) is 4.98 Å². The molecule has 1 N–H and O–H groups in total. The Balaban J connectivity index is 2.05. The van der Waals surface area contributed by atoms with Crippen molar-refractivity contribution in [1.29, 1.82) is 0 Å². The van der Waals surface area contributed by atoms with E-state index in [9.17, 15) is 0 Å². The predicted octanol–water partition coefficient (Wildman–Crippen LogP) is 2.59. The molecule has 1 aromatic rings. The minimum Gasteiger partial charge on any atom is -0.444 e. The van der Waals surface area contributed by atoms with Crippen molar-refractivity contribution in [3.8, 4) is 0 Å². The summed E-state index contributed by atoms with van der Waals surface area (Å²) in [5.74, 6) is 1.84. The highest BCUT2D eigenvalue weighted by Gasteiger charge is 2.34. The molecule has 2 atom stereocenters. The Morgan fingerprint density at radius 2 is 2.26 bits per heavy atom. The molecule has 0 saturated carbocycles. The molecule has 2 rings (SSSR count). The molecule has 0 aliphatic carbocycles. The molecule has 4 heteroatoms. The lowest BCUT2D eigenvalue weighted by Gasteiger charge is -2.45. The van der Waals surface area contributed by atoms with Crippen LogP contribution >= 0.6 is 0 Å². The van der Waals surface area contributed by atoms with Crippen LogP contribution in [-0.4, -0.2) is 34.6 Å². The number of nitrogens with zero attached hydrogens (tertiary/aromatic N) is 2. The zero-order chi connectivity index (χ0) is 13.9. The van der Waals surface area contributed by atoms with Crippen molar-refractivity contribution in [2.45, 2.75) is 65.1 Å². The first kappa shape index (κ1) is 14.5. The number of hydrogen-bond acceptors (Lipinski definition) is 4. The van der Waals surface area contributed by atoms with Gasteiger partial charge in [0.05, 0.1) is 12.7 Å². The molecule has 0 bridgehead atoms. The van der Waals surface area contributed by atoms with Gasteiger partial charge in [0, 0.05) is 31.1 Å². The van der Waals surface area contributed by atoms with Gasteiger partial charge in [0.2, 0.25) is 5.89 Å². The van der Waals surface area contributed by atoms with E-state index in [4.69, 9.17) is 4.42 Å². The molecule has 19 heavy (non-hydrogen) atoms. The van der Waals surface area contributed by atoms with Crippen molar-refractivity contribution >= 4 is 0 Å². The molecule has 1 fully saturated rings. The minimum atomic E-state index is 0.214. The van der Waals surface area contributed by atoms with Crippen LogP contribution in [-0.2, 0) is 13.0 Å². The minimum absolute atomic E-state index is 0.214. The van der Waals surface area contributed by atoms with Gasteiger partial charge in [0.15, 0.2) is 0 Å². The average Bonchev–Trinajstić information content (AvgIpc) is 2.87. The first-order valence-corrected chi connectivity index (χ1v) is 7.52. The lowest BCUT2D eigenvalue weighted by molar-refractivity contribution is 0.0677. The van der Waals surface area contributed by atoms with Gasteiger partial charge in [-0.15, -0.1) is 0 Å². The SMILES string of the molecule is CCc1cnc(CN2CC(C)(CC)NCC2CC)o1. The number of rotatable bonds is 5. The number of piperazine rings is 1. The molecule has 108 valence electrons. The van der Waals surface area contributed by atoms with E-state index in [1.165, 1.54) is 0 Å². The Hall–Kier alpha value is -0.870. The van der Waals surface area contributed by atoms with E-state index in [1.54, 1.807) is 0 Å². The Kier molecular flexibility index (Phi) is 4.63. The number of hydrogen-bond donors (Lipinski definition) is 1. The quantitative estimate of drug-likeness (QED) is 0.888. The molecular weight excluding hydrogens is 238 g/mol. The van der Waals surface area contributed by atoms with Gasteiger partial charge in [0.25, 0.3) is 0 Å². The summed E-state index contributed by atoms with van der Waals surface area (Å²) < 4.78 is 5.76. The smallest absolute Gasteiger partial charge is 0.208 e. The standard InChI is InChI=1S/C15H27N3O/c1-5-12-8-17-15(4,7-3)11-18(12)10-14-16-9-13(6-2)19-14/h9,12,17H,5-8,10-11H2,1-4H3. The van der Waals surface area contributed by atoms with Crippen LogP contribution in [0.5, 0.6) is 0 Å². The van der Waals surface area contributed by atoms with E-state index in [2.05, 4.69) is 42.9 Å². The van der Waals surface area contributed by atoms with Crippen molar-refractivity contribution in [1.82, 2.24) is 15.2 Å². The fraction of sp³-hybridized carbons (Fsp3) is 0.800. The molecule has 0 spiro atoms. The maximum Gasteiger partial charge on any atom is 0.208 e. The molecule has 0 amide bonds. The molecule has 2 unspecified atom stereocenters. The monoisotopic (exact) mass is 265 g/mol. The van der Waals surface area contributed by atoms with Gasteiger partial charge >= 0.3 is 0 Å². The number of nitrogens with one attached hydrogen (secondary N) is 1. The van der Waals surface area contributed by atoms with Crippen LogP contribution < -0.4 is 5.32 Å². The van der Waals surface area contributed by atoms with Crippen molar-refractivity contribution in [3.05, 3.63) is 17.8 Å². The molecule has 4 nitrogen and oxygen atoms in total. The number of aryl methyl sites for hydroxylation is 1. The normalized spacial score (nSPS) is 28.7.